The quantitative estimate of drug-likeness (QED) is 0.721. The third-order valence-corrected chi connectivity index (χ3v) is 8.53. The first-order chi connectivity index (χ1) is 10.4. The Morgan fingerprint density at radius 2 is 1.95 bits per heavy atom. The van der Waals surface area contributed by atoms with Crippen molar-refractivity contribution in [1.29, 1.82) is 0 Å². The lowest BCUT2D eigenvalue weighted by Gasteiger charge is -2.65. The van der Waals surface area contributed by atoms with Crippen molar-refractivity contribution in [3.63, 3.8) is 0 Å². The minimum Gasteiger partial charge on any atom is -0.396 e. The smallest absolute Gasteiger partial charge is 0.0637 e. The van der Waals surface area contributed by atoms with Gasteiger partial charge in [0.2, 0.25) is 0 Å². The van der Waals surface area contributed by atoms with Crippen LogP contribution in [0.15, 0.2) is 11.6 Å². The summed E-state index contributed by atoms with van der Waals surface area (Å²) in [5, 5.41) is 21.2. The molecule has 4 aliphatic carbocycles. The van der Waals surface area contributed by atoms with Gasteiger partial charge >= 0.3 is 0 Å². The second-order valence-electron chi connectivity index (χ2n) is 9.51. The van der Waals surface area contributed by atoms with Gasteiger partial charge in [-0.05, 0) is 74.0 Å². The monoisotopic (exact) mass is 304 g/mol. The highest BCUT2D eigenvalue weighted by molar-refractivity contribution is 5.29. The third kappa shape index (κ3) is 1.69. The van der Waals surface area contributed by atoms with Gasteiger partial charge in [0.25, 0.3) is 0 Å². The van der Waals surface area contributed by atoms with Crippen LogP contribution in [0.25, 0.3) is 0 Å². The highest BCUT2D eigenvalue weighted by Crippen LogP contribution is 2.70. The van der Waals surface area contributed by atoms with E-state index in [1.54, 1.807) is 0 Å². The van der Waals surface area contributed by atoms with Crippen molar-refractivity contribution in [3.8, 4) is 0 Å². The van der Waals surface area contributed by atoms with Gasteiger partial charge in [0.1, 0.15) is 0 Å². The second kappa shape index (κ2) is 4.60. The van der Waals surface area contributed by atoms with Gasteiger partial charge in [0, 0.05) is 12.0 Å². The molecule has 3 fully saturated rings. The standard InChI is InChI=1S/C20H32O2/c1-13-10-20-11-14(13)5-6-15(20)19(3)8-4-7-18(2,12-21)16(19)9-17(20)22/h10,14-17,21-22H,4-9,11-12H2,1-3H3. The second-order valence-corrected chi connectivity index (χ2v) is 9.51. The van der Waals surface area contributed by atoms with E-state index in [1.807, 2.05) is 0 Å². The molecule has 7 unspecified atom stereocenters. The maximum absolute atomic E-state index is 11.2. The van der Waals surface area contributed by atoms with Crippen LogP contribution < -0.4 is 0 Å². The summed E-state index contributed by atoms with van der Waals surface area (Å²) in [5.41, 5.74) is 1.88. The Hall–Kier alpha value is -0.340. The van der Waals surface area contributed by atoms with Crippen molar-refractivity contribution in [3.05, 3.63) is 11.6 Å². The van der Waals surface area contributed by atoms with Gasteiger partial charge in [-0.25, -0.2) is 0 Å². The molecule has 2 nitrogen and oxygen atoms in total. The number of fused-ring (bicyclic) bond motifs is 3. The molecule has 1 spiro atoms. The Bertz CT molecular complexity index is 512. The van der Waals surface area contributed by atoms with Crippen LogP contribution in [-0.4, -0.2) is 22.9 Å². The first kappa shape index (κ1) is 15.2. The zero-order valence-corrected chi connectivity index (χ0v) is 14.4. The first-order valence-corrected chi connectivity index (χ1v) is 9.34. The van der Waals surface area contributed by atoms with E-state index in [-0.39, 0.29) is 23.5 Å². The van der Waals surface area contributed by atoms with Crippen LogP contribution >= 0.6 is 0 Å². The van der Waals surface area contributed by atoms with Crippen LogP contribution in [0.1, 0.15) is 65.7 Å². The van der Waals surface area contributed by atoms with Crippen molar-refractivity contribution in [2.75, 3.05) is 6.61 Å². The molecule has 0 heterocycles. The predicted molar refractivity (Wildman–Crippen MR) is 88.3 cm³/mol. The molecule has 0 radical (unpaired) electrons. The molecular formula is C20H32O2. The zero-order valence-electron chi connectivity index (χ0n) is 14.4. The van der Waals surface area contributed by atoms with E-state index in [9.17, 15) is 10.2 Å². The molecule has 0 aromatic heterocycles. The number of hydrogen-bond acceptors (Lipinski definition) is 2. The normalized spacial score (nSPS) is 57.0. The molecule has 22 heavy (non-hydrogen) atoms. The van der Waals surface area contributed by atoms with Crippen LogP contribution in [-0.2, 0) is 0 Å². The number of allylic oxidation sites excluding steroid dienone is 1. The summed E-state index contributed by atoms with van der Waals surface area (Å²) in [6, 6.07) is 0. The van der Waals surface area contributed by atoms with Gasteiger partial charge in [-0.15, -0.1) is 0 Å². The largest absolute Gasteiger partial charge is 0.396 e. The Morgan fingerprint density at radius 3 is 2.68 bits per heavy atom. The van der Waals surface area contributed by atoms with E-state index in [1.165, 1.54) is 37.7 Å². The van der Waals surface area contributed by atoms with Crippen LogP contribution in [0.4, 0.5) is 0 Å². The fourth-order valence-electron chi connectivity index (χ4n) is 7.43. The van der Waals surface area contributed by atoms with Gasteiger partial charge in [-0.2, -0.15) is 0 Å². The van der Waals surface area contributed by atoms with Gasteiger partial charge in [-0.3, -0.25) is 0 Å². The van der Waals surface area contributed by atoms with E-state index in [2.05, 4.69) is 26.8 Å². The lowest BCUT2D eigenvalue weighted by atomic mass is 9.40. The molecule has 0 aromatic carbocycles. The molecule has 4 rings (SSSR count). The minimum atomic E-state index is -0.209. The maximum Gasteiger partial charge on any atom is 0.0637 e. The van der Waals surface area contributed by atoms with Gasteiger partial charge in [0.05, 0.1) is 6.10 Å². The van der Waals surface area contributed by atoms with E-state index < -0.39 is 0 Å². The summed E-state index contributed by atoms with van der Waals surface area (Å²) in [5.74, 6) is 1.79. The number of aliphatic hydroxyl groups excluding tert-OH is 2. The average molecular weight is 304 g/mol. The van der Waals surface area contributed by atoms with E-state index in [0.29, 0.717) is 17.3 Å². The number of rotatable bonds is 1. The van der Waals surface area contributed by atoms with Crippen LogP contribution in [0.3, 0.4) is 0 Å². The Balaban J connectivity index is 1.80. The molecule has 4 aliphatic rings. The molecule has 0 saturated heterocycles. The molecule has 2 N–H and O–H groups in total. The highest BCUT2D eigenvalue weighted by Gasteiger charge is 2.65. The maximum atomic E-state index is 11.2. The van der Waals surface area contributed by atoms with E-state index >= 15 is 0 Å². The van der Waals surface area contributed by atoms with Crippen molar-refractivity contribution in [1.82, 2.24) is 0 Å². The summed E-state index contributed by atoms with van der Waals surface area (Å²) in [6.45, 7) is 7.31. The average Bonchev–Trinajstić information content (AvgIpc) is 2.73. The molecule has 0 aliphatic heterocycles. The summed E-state index contributed by atoms with van der Waals surface area (Å²) < 4.78 is 0. The molecule has 7 atom stereocenters. The van der Waals surface area contributed by atoms with Crippen LogP contribution in [0.2, 0.25) is 0 Å². The lowest BCUT2D eigenvalue weighted by Crippen LogP contribution is -2.61. The molecule has 3 saturated carbocycles. The Labute approximate surface area is 135 Å². The predicted octanol–water partition coefficient (Wildman–Crippen LogP) is 3.92. The van der Waals surface area contributed by atoms with Crippen LogP contribution in [0, 0.1) is 34.0 Å². The molecule has 124 valence electrons. The summed E-state index contributed by atoms with van der Waals surface area (Å²) in [6.07, 6.45) is 10.6. The molecular weight excluding hydrogens is 272 g/mol. The minimum absolute atomic E-state index is 0.00377. The van der Waals surface area contributed by atoms with Gasteiger partial charge in [-0.1, -0.05) is 31.9 Å². The molecule has 0 aromatic rings. The van der Waals surface area contributed by atoms with Crippen LogP contribution in [0.5, 0.6) is 0 Å². The summed E-state index contributed by atoms with van der Waals surface area (Å²) in [4.78, 5) is 0. The summed E-state index contributed by atoms with van der Waals surface area (Å²) >= 11 is 0. The molecule has 0 amide bonds. The Kier molecular flexibility index (Phi) is 3.18. The molecule has 2 bridgehead atoms. The third-order valence-electron chi connectivity index (χ3n) is 8.53. The van der Waals surface area contributed by atoms with Crippen molar-refractivity contribution in [2.24, 2.45) is 34.0 Å². The zero-order chi connectivity index (χ0) is 15.8. The lowest BCUT2D eigenvalue weighted by molar-refractivity contribution is -0.193. The van der Waals surface area contributed by atoms with Gasteiger partial charge < -0.3 is 10.2 Å². The fourth-order valence-corrected chi connectivity index (χ4v) is 7.43. The molecule has 2 heteroatoms. The fraction of sp³-hybridized carbons (Fsp3) is 0.900. The van der Waals surface area contributed by atoms with Crippen molar-refractivity contribution < 1.29 is 10.2 Å². The van der Waals surface area contributed by atoms with Crippen molar-refractivity contribution >= 4 is 0 Å². The Morgan fingerprint density at radius 1 is 1.18 bits per heavy atom. The summed E-state index contributed by atoms with van der Waals surface area (Å²) in [7, 11) is 0. The SMILES string of the molecule is CC1=CC23CC1CCC2C1(C)CCCC(C)(CO)C1CC3O. The van der Waals surface area contributed by atoms with Gasteiger partial charge in [0.15, 0.2) is 0 Å². The van der Waals surface area contributed by atoms with Crippen molar-refractivity contribution in [2.45, 2.75) is 71.8 Å². The topological polar surface area (TPSA) is 40.5 Å². The number of hydrogen-bond donors (Lipinski definition) is 2. The highest BCUT2D eigenvalue weighted by atomic mass is 16.3. The first-order valence-electron chi connectivity index (χ1n) is 9.34. The van der Waals surface area contributed by atoms with E-state index in [4.69, 9.17) is 0 Å². The van der Waals surface area contributed by atoms with E-state index in [0.717, 1.165) is 18.8 Å². The number of aliphatic hydroxyl groups is 2.